The number of nitrogens with one attached hydrogen (secondary N) is 1. The van der Waals surface area contributed by atoms with Crippen molar-refractivity contribution in [2.45, 2.75) is 31.7 Å². The summed E-state index contributed by atoms with van der Waals surface area (Å²) in [6.45, 7) is 3.20. The molecular weight excluding hydrogens is 166 g/mol. The predicted molar refractivity (Wildman–Crippen MR) is 50.6 cm³/mol. The summed E-state index contributed by atoms with van der Waals surface area (Å²) in [4.78, 5) is 0. The fourth-order valence-corrected chi connectivity index (χ4v) is 2.42. The highest BCUT2D eigenvalue weighted by Gasteiger charge is 2.36. The lowest BCUT2D eigenvalue weighted by Crippen LogP contribution is -2.49. The fourth-order valence-electron chi connectivity index (χ4n) is 2.42. The monoisotopic (exact) mass is 185 g/mol. The van der Waals surface area contributed by atoms with E-state index in [0.717, 1.165) is 26.2 Å². The maximum atomic E-state index is 8.99. The number of hydrogen-bond donors (Lipinski definition) is 2. The standard InChI is InChI=1S/C10H19NO2/c12-7-9-1-2-10(8-11-9)3-5-13-6-4-10/h9,11-12H,1-8H2/t9-/m0/s1. The van der Waals surface area contributed by atoms with Gasteiger partial charge in [-0.05, 0) is 31.1 Å². The first-order chi connectivity index (χ1) is 6.35. The van der Waals surface area contributed by atoms with Gasteiger partial charge < -0.3 is 15.2 Å². The predicted octanol–water partition coefficient (Wildman–Crippen LogP) is 0.527. The van der Waals surface area contributed by atoms with Crippen molar-refractivity contribution in [2.75, 3.05) is 26.4 Å². The molecule has 2 saturated heterocycles. The van der Waals surface area contributed by atoms with Crippen LogP contribution in [0.2, 0.25) is 0 Å². The smallest absolute Gasteiger partial charge is 0.0584 e. The van der Waals surface area contributed by atoms with Gasteiger partial charge in [-0.15, -0.1) is 0 Å². The van der Waals surface area contributed by atoms with Gasteiger partial charge in [0, 0.05) is 25.8 Å². The van der Waals surface area contributed by atoms with Gasteiger partial charge in [-0.25, -0.2) is 0 Å². The zero-order valence-corrected chi connectivity index (χ0v) is 8.09. The number of aliphatic hydroxyl groups excluding tert-OH is 1. The van der Waals surface area contributed by atoms with Gasteiger partial charge in [0.15, 0.2) is 0 Å². The molecule has 0 unspecified atom stereocenters. The average molecular weight is 185 g/mol. The molecule has 2 N–H and O–H groups in total. The summed E-state index contributed by atoms with van der Waals surface area (Å²) >= 11 is 0. The molecule has 1 spiro atoms. The first-order valence-corrected chi connectivity index (χ1v) is 5.27. The normalized spacial score (nSPS) is 33.5. The van der Waals surface area contributed by atoms with E-state index in [0.29, 0.717) is 11.5 Å². The highest BCUT2D eigenvalue weighted by Crippen LogP contribution is 2.37. The highest BCUT2D eigenvalue weighted by atomic mass is 16.5. The largest absolute Gasteiger partial charge is 0.395 e. The molecule has 0 amide bonds. The van der Waals surface area contributed by atoms with Gasteiger partial charge in [0.25, 0.3) is 0 Å². The molecule has 3 nitrogen and oxygen atoms in total. The zero-order valence-electron chi connectivity index (χ0n) is 8.09. The van der Waals surface area contributed by atoms with Gasteiger partial charge in [0.1, 0.15) is 0 Å². The minimum atomic E-state index is 0.284. The molecule has 0 aromatic carbocycles. The van der Waals surface area contributed by atoms with E-state index in [9.17, 15) is 0 Å². The highest BCUT2D eigenvalue weighted by molar-refractivity contribution is 4.90. The zero-order chi connectivity index (χ0) is 9.15. The van der Waals surface area contributed by atoms with Crippen molar-refractivity contribution in [1.29, 1.82) is 0 Å². The van der Waals surface area contributed by atoms with Crippen LogP contribution < -0.4 is 5.32 Å². The van der Waals surface area contributed by atoms with Crippen molar-refractivity contribution < 1.29 is 9.84 Å². The van der Waals surface area contributed by atoms with Gasteiger partial charge in [0.2, 0.25) is 0 Å². The molecule has 2 aliphatic rings. The van der Waals surface area contributed by atoms with Crippen LogP contribution in [0, 0.1) is 5.41 Å². The Morgan fingerprint density at radius 3 is 2.62 bits per heavy atom. The van der Waals surface area contributed by atoms with Crippen LogP contribution in [0.15, 0.2) is 0 Å². The third-order valence-corrected chi connectivity index (χ3v) is 3.56. The topological polar surface area (TPSA) is 41.5 Å². The summed E-state index contributed by atoms with van der Waals surface area (Å²) in [5.74, 6) is 0. The molecule has 0 saturated carbocycles. The number of ether oxygens (including phenoxy) is 1. The van der Waals surface area contributed by atoms with Crippen LogP contribution in [-0.4, -0.2) is 37.5 Å². The molecule has 0 bridgehead atoms. The van der Waals surface area contributed by atoms with Gasteiger partial charge in [-0.1, -0.05) is 0 Å². The molecule has 3 heteroatoms. The Labute approximate surface area is 79.5 Å². The second kappa shape index (κ2) is 3.95. The van der Waals surface area contributed by atoms with E-state index in [-0.39, 0.29) is 6.61 Å². The van der Waals surface area contributed by atoms with E-state index in [1.165, 1.54) is 19.3 Å². The summed E-state index contributed by atoms with van der Waals surface area (Å²) < 4.78 is 5.37. The van der Waals surface area contributed by atoms with E-state index >= 15 is 0 Å². The molecule has 13 heavy (non-hydrogen) atoms. The van der Waals surface area contributed by atoms with Crippen LogP contribution in [0.25, 0.3) is 0 Å². The Hall–Kier alpha value is -0.120. The van der Waals surface area contributed by atoms with Crippen LogP contribution >= 0.6 is 0 Å². The molecule has 0 aliphatic carbocycles. The molecule has 1 atom stereocenters. The van der Waals surface area contributed by atoms with Crippen molar-refractivity contribution in [1.82, 2.24) is 5.32 Å². The van der Waals surface area contributed by atoms with E-state index in [4.69, 9.17) is 9.84 Å². The van der Waals surface area contributed by atoms with Crippen molar-refractivity contribution in [3.05, 3.63) is 0 Å². The van der Waals surface area contributed by atoms with Crippen LogP contribution in [0.4, 0.5) is 0 Å². The summed E-state index contributed by atoms with van der Waals surface area (Å²) in [6.07, 6.45) is 4.77. The van der Waals surface area contributed by atoms with Gasteiger partial charge >= 0.3 is 0 Å². The number of hydrogen-bond acceptors (Lipinski definition) is 3. The first kappa shape index (κ1) is 9.44. The molecule has 2 fully saturated rings. The third kappa shape index (κ3) is 2.03. The van der Waals surface area contributed by atoms with Crippen molar-refractivity contribution in [3.8, 4) is 0 Å². The summed E-state index contributed by atoms with van der Waals surface area (Å²) in [7, 11) is 0. The lowest BCUT2D eigenvalue weighted by Gasteiger charge is -2.43. The van der Waals surface area contributed by atoms with E-state index < -0.39 is 0 Å². The number of aliphatic hydroxyl groups is 1. The van der Waals surface area contributed by atoms with Crippen LogP contribution in [-0.2, 0) is 4.74 Å². The number of rotatable bonds is 1. The Morgan fingerprint density at radius 2 is 2.08 bits per heavy atom. The van der Waals surface area contributed by atoms with Crippen LogP contribution in [0.5, 0.6) is 0 Å². The van der Waals surface area contributed by atoms with Crippen molar-refractivity contribution in [3.63, 3.8) is 0 Å². The number of piperidine rings is 1. The SMILES string of the molecule is OC[C@@H]1CCC2(CCOCC2)CN1. The lowest BCUT2D eigenvalue weighted by atomic mass is 9.73. The maximum absolute atomic E-state index is 8.99. The minimum absolute atomic E-state index is 0.284. The molecule has 0 aromatic rings. The molecular formula is C10H19NO2. The van der Waals surface area contributed by atoms with E-state index in [2.05, 4.69) is 5.32 Å². The van der Waals surface area contributed by atoms with Crippen LogP contribution in [0.1, 0.15) is 25.7 Å². The van der Waals surface area contributed by atoms with Crippen molar-refractivity contribution >= 4 is 0 Å². The molecule has 0 radical (unpaired) electrons. The minimum Gasteiger partial charge on any atom is -0.395 e. The Balaban J connectivity index is 1.87. The molecule has 2 aliphatic heterocycles. The summed E-state index contributed by atoms with van der Waals surface area (Å²) in [5, 5.41) is 12.4. The third-order valence-electron chi connectivity index (χ3n) is 3.56. The van der Waals surface area contributed by atoms with Gasteiger partial charge in [0.05, 0.1) is 6.61 Å². The molecule has 2 heterocycles. The Kier molecular flexibility index (Phi) is 2.86. The summed E-state index contributed by atoms with van der Waals surface area (Å²) in [6, 6.07) is 0.341. The second-order valence-corrected chi connectivity index (χ2v) is 4.41. The fraction of sp³-hybridized carbons (Fsp3) is 1.00. The van der Waals surface area contributed by atoms with Gasteiger partial charge in [-0.3, -0.25) is 0 Å². The lowest BCUT2D eigenvalue weighted by molar-refractivity contribution is -0.00645. The van der Waals surface area contributed by atoms with Crippen molar-refractivity contribution in [2.24, 2.45) is 5.41 Å². The Morgan fingerprint density at radius 1 is 1.31 bits per heavy atom. The van der Waals surface area contributed by atoms with Crippen LogP contribution in [0.3, 0.4) is 0 Å². The van der Waals surface area contributed by atoms with E-state index in [1.807, 2.05) is 0 Å². The first-order valence-electron chi connectivity index (χ1n) is 5.27. The molecule has 2 rings (SSSR count). The second-order valence-electron chi connectivity index (χ2n) is 4.41. The Bertz CT molecular complexity index is 156. The summed E-state index contributed by atoms with van der Waals surface area (Å²) in [5.41, 5.74) is 0.490. The quantitative estimate of drug-likeness (QED) is 0.626. The average Bonchev–Trinajstić information content (AvgIpc) is 2.20. The van der Waals surface area contributed by atoms with E-state index in [1.54, 1.807) is 0 Å². The maximum Gasteiger partial charge on any atom is 0.0584 e. The van der Waals surface area contributed by atoms with Gasteiger partial charge in [-0.2, -0.15) is 0 Å². The molecule has 76 valence electrons. The molecule has 0 aromatic heterocycles.